The number of benzene rings is 2. The lowest BCUT2D eigenvalue weighted by Gasteiger charge is -2.35. The van der Waals surface area contributed by atoms with Gasteiger partial charge < -0.3 is 9.64 Å². The van der Waals surface area contributed by atoms with Gasteiger partial charge in [-0.15, -0.1) is 0 Å². The monoisotopic (exact) mass is 628 g/mol. The van der Waals surface area contributed by atoms with E-state index in [2.05, 4.69) is 42.5 Å². The number of hydrogen-bond acceptors (Lipinski definition) is 5. The number of nitrogens with zero attached hydrogens (tertiary/aromatic N) is 2. The van der Waals surface area contributed by atoms with Crippen LogP contribution in [-0.2, 0) is 38.8 Å². The zero-order valence-corrected chi connectivity index (χ0v) is 27.7. The predicted molar refractivity (Wildman–Crippen MR) is 178 cm³/mol. The van der Waals surface area contributed by atoms with Crippen LogP contribution in [0.25, 0.3) is 16.7 Å². The first-order valence-corrected chi connectivity index (χ1v) is 17.7. The highest BCUT2D eigenvalue weighted by atomic mass is 32.2. The van der Waals surface area contributed by atoms with Gasteiger partial charge in [-0.2, -0.15) is 0 Å². The summed E-state index contributed by atoms with van der Waals surface area (Å²) in [6, 6.07) is 12.9. The van der Waals surface area contributed by atoms with Crippen molar-refractivity contribution in [2.75, 3.05) is 19.6 Å². The Labute approximate surface area is 267 Å². The van der Waals surface area contributed by atoms with Gasteiger partial charge in [0, 0.05) is 18.7 Å². The molecule has 7 nitrogen and oxygen atoms in total. The largest absolute Gasteiger partial charge is 0.444 e. The van der Waals surface area contributed by atoms with Crippen molar-refractivity contribution >= 4 is 27.5 Å². The summed E-state index contributed by atoms with van der Waals surface area (Å²) in [6.45, 7) is 8.05. The second-order valence-electron chi connectivity index (χ2n) is 13.8. The number of carbonyl (C=O) groups excluding carboxylic acids is 2. The Hall–Kier alpha value is -3.65. The summed E-state index contributed by atoms with van der Waals surface area (Å²) in [4.78, 5) is 27.0. The molecule has 2 aliphatic carbocycles. The third-order valence-electron chi connectivity index (χ3n) is 9.44. The Morgan fingerprint density at radius 3 is 2.36 bits per heavy atom. The van der Waals surface area contributed by atoms with Gasteiger partial charge in [0.1, 0.15) is 11.4 Å². The van der Waals surface area contributed by atoms with Crippen LogP contribution in [0.3, 0.4) is 0 Å². The third kappa shape index (κ3) is 6.39. The summed E-state index contributed by atoms with van der Waals surface area (Å²) in [5.74, 6) is 0.120. The first kappa shape index (κ1) is 31.3. The van der Waals surface area contributed by atoms with Crippen LogP contribution in [0.4, 0.5) is 4.79 Å². The smallest absolute Gasteiger partial charge is 0.410 e. The number of carbonyl (C=O) groups is 2. The van der Waals surface area contributed by atoms with E-state index in [0.29, 0.717) is 42.5 Å². The number of rotatable bonds is 6. The number of piperidine rings is 1. The molecule has 0 bridgehead atoms. The molecule has 1 amide bonds. The first-order chi connectivity index (χ1) is 21.4. The van der Waals surface area contributed by atoms with E-state index in [0.717, 1.165) is 49.7 Å². The van der Waals surface area contributed by atoms with E-state index >= 15 is 0 Å². The van der Waals surface area contributed by atoms with Gasteiger partial charge in [-0.3, -0.25) is 9.10 Å². The van der Waals surface area contributed by atoms with Gasteiger partial charge in [-0.25, -0.2) is 13.2 Å². The number of aryl methyl sites for hydroxylation is 1. The van der Waals surface area contributed by atoms with Gasteiger partial charge in [0.15, 0.2) is 0 Å². The molecule has 0 radical (unpaired) electrons. The lowest BCUT2D eigenvalue weighted by molar-refractivity contribution is -0.116. The topological polar surface area (TPSA) is 84.0 Å². The predicted octanol–water partition coefficient (Wildman–Crippen LogP) is 7.21. The van der Waals surface area contributed by atoms with Crippen molar-refractivity contribution in [1.82, 2.24) is 9.21 Å². The first-order valence-electron chi connectivity index (χ1n) is 16.3. The summed E-state index contributed by atoms with van der Waals surface area (Å²) in [5.41, 5.74) is 8.62. The third-order valence-corrected chi connectivity index (χ3v) is 11.3. The molecule has 0 saturated carbocycles. The second-order valence-corrected chi connectivity index (χ2v) is 15.7. The molecule has 2 aromatic carbocycles. The Kier molecular flexibility index (Phi) is 8.55. The standard InChI is InChI=1S/C37H44N2O5S/c1-25(40)24-39-35(34-11-7-10-30-32-16-13-27-8-5-6-9-29(27)31(32)17-18-33(30)34)19-15-28(45(39,42)43)14-12-26-20-22-38(23-21-26)36(41)44-37(2,3)4/h5-6,8-9,11,15,17-19,26H,7,10,12-14,16,20-24H2,1-4H3. The number of sulfonamides is 1. The quantitative estimate of drug-likeness (QED) is 0.338. The molecular weight excluding hydrogens is 584 g/mol. The Bertz CT molecular complexity index is 1720. The van der Waals surface area contributed by atoms with Crippen molar-refractivity contribution < 1.29 is 22.7 Å². The van der Waals surface area contributed by atoms with Gasteiger partial charge in [-0.1, -0.05) is 42.5 Å². The van der Waals surface area contributed by atoms with Gasteiger partial charge in [0.2, 0.25) is 0 Å². The number of ether oxygens (including phenoxy) is 1. The fourth-order valence-electron chi connectivity index (χ4n) is 7.24. The molecule has 4 aliphatic rings. The minimum absolute atomic E-state index is 0.190. The average Bonchev–Trinajstić information content (AvgIpc) is 3.00. The molecule has 0 unspecified atom stereocenters. The van der Waals surface area contributed by atoms with E-state index in [9.17, 15) is 18.0 Å². The molecule has 2 aromatic rings. The van der Waals surface area contributed by atoms with Crippen LogP contribution in [0.1, 0.15) is 82.1 Å². The zero-order valence-electron chi connectivity index (χ0n) is 26.9. The maximum atomic E-state index is 14.1. The van der Waals surface area contributed by atoms with Crippen molar-refractivity contribution in [2.45, 2.75) is 84.7 Å². The van der Waals surface area contributed by atoms with Crippen LogP contribution >= 0.6 is 0 Å². The van der Waals surface area contributed by atoms with Crippen molar-refractivity contribution in [2.24, 2.45) is 5.92 Å². The highest BCUT2D eigenvalue weighted by Gasteiger charge is 2.36. The lowest BCUT2D eigenvalue weighted by atomic mass is 9.77. The molecule has 2 aliphatic heterocycles. The number of allylic oxidation sites excluding steroid dienone is 5. The molecule has 45 heavy (non-hydrogen) atoms. The second kappa shape index (κ2) is 12.3. The Morgan fingerprint density at radius 1 is 0.911 bits per heavy atom. The zero-order chi connectivity index (χ0) is 31.9. The molecule has 1 fully saturated rings. The average molecular weight is 629 g/mol. The van der Waals surface area contributed by atoms with E-state index in [1.807, 2.05) is 26.8 Å². The SMILES string of the molecule is CC(=O)CN1C(C2=CCCc3c2ccc2c3CCc3ccccc3-2)=CC=C(CCC2CCN(C(=O)OC(C)(C)C)CC2)S1(=O)=O. The van der Waals surface area contributed by atoms with E-state index in [1.165, 1.54) is 39.0 Å². The summed E-state index contributed by atoms with van der Waals surface area (Å²) in [7, 11) is -3.88. The summed E-state index contributed by atoms with van der Waals surface area (Å²) in [5, 5.41) is 0. The van der Waals surface area contributed by atoms with Crippen molar-refractivity contribution in [3.63, 3.8) is 0 Å². The number of amides is 1. The molecule has 238 valence electrons. The van der Waals surface area contributed by atoms with Crippen LogP contribution < -0.4 is 0 Å². The molecule has 0 aromatic heterocycles. The number of ketones is 1. The maximum absolute atomic E-state index is 14.1. The van der Waals surface area contributed by atoms with Crippen molar-refractivity contribution in [3.05, 3.63) is 87.5 Å². The van der Waals surface area contributed by atoms with Gasteiger partial charge in [0.25, 0.3) is 10.0 Å². The minimum Gasteiger partial charge on any atom is -0.444 e. The lowest BCUT2D eigenvalue weighted by Crippen LogP contribution is -2.41. The molecule has 0 N–H and O–H groups in total. The van der Waals surface area contributed by atoms with Gasteiger partial charge in [-0.05, 0) is 131 Å². The molecule has 6 rings (SSSR count). The number of likely N-dealkylation sites (tertiary alicyclic amines) is 1. The van der Waals surface area contributed by atoms with Crippen LogP contribution in [0.5, 0.6) is 0 Å². The Morgan fingerprint density at radius 2 is 1.62 bits per heavy atom. The molecule has 2 heterocycles. The van der Waals surface area contributed by atoms with E-state index in [-0.39, 0.29) is 18.4 Å². The summed E-state index contributed by atoms with van der Waals surface area (Å²) in [6.07, 6.45) is 11.9. The minimum atomic E-state index is -3.88. The van der Waals surface area contributed by atoms with Crippen LogP contribution in [0.2, 0.25) is 0 Å². The molecule has 1 saturated heterocycles. The molecular formula is C37H44N2O5S. The van der Waals surface area contributed by atoms with Crippen LogP contribution in [-0.4, -0.2) is 54.7 Å². The number of Topliss-reactive ketones (excluding diaryl/α,β-unsaturated/α-hetero) is 1. The number of hydrogen-bond donors (Lipinski definition) is 0. The van der Waals surface area contributed by atoms with E-state index in [1.54, 1.807) is 11.0 Å². The fourth-order valence-corrected chi connectivity index (χ4v) is 8.91. The number of fused-ring (bicyclic) bond motifs is 5. The molecule has 8 heteroatoms. The summed E-state index contributed by atoms with van der Waals surface area (Å²) < 4.78 is 35.1. The van der Waals surface area contributed by atoms with Crippen molar-refractivity contribution in [1.29, 1.82) is 0 Å². The van der Waals surface area contributed by atoms with Gasteiger partial charge >= 0.3 is 6.09 Å². The van der Waals surface area contributed by atoms with Crippen LogP contribution in [0, 0.1) is 5.92 Å². The maximum Gasteiger partial charge on any atom is 0.410 e. The van der Waals surface area contributed by atoms with E-state index < -0.39 is 15.6 Å². The van der Waals surface area contributed by atoms with E-state index in [4.69, 9.17) is 4.74 Å². The molecule has 0 atom stereocenters. The normalized spacial score (nSPS) is 19.4. The van der Waals surface area contributed by atoms with Gasteiger partial charge in [0.05, 0.1) is 17.1 Å². The fraction of sp³-hybridized carbons (Fsp3) is 0.459. The highest BCUT2D eigenvalue weighted by molar-refractivity contribution is 7.93. The van der Waals surface area contributed by atoms with Crippen LogP contribution in [0.15, 0.2) is 65.2 Å². The molecule has 0 spiro atoms. The Balaban J connectivity index is 1.23. The summed E-state index contributed by atoms with van der Waals surface area (Å²) >= 11 is 0. The highest BCUT2D eigenvalue weighted by Crippen LogP contribution is 2.44. The van der Waals surface area contributed by atoms with Crippen molar-refractivity contribution in [3.8, 4) is 11.1 Å².